The Hall–Kier alpha value is -1.43. The lowest BCUT2D eigenvalue weighted by molar-refractivity contribution is 0.0953. The van der Waals surface area contributed by atoms with Crippen molar-refractivity contribution in [3.05, 3.63) is 35.4 Å². The zero-order valence-electron chi connectivity index (χ0n) is 12.3. The van der Waals surface area contributed by atoms with Crippen LogP contribution in [0.4, 0.5) is 0 Å². The second-order valence-corrected chi connectivity index (χ2v) is 5.64. The molecule has 3 N–H and O–H groups in total. The summed E-state index contributed by atoms with van der Waals surface area (Å²) in [6, 6.07) is 8.23. The van der Waals surface area contributed by atoms with Gasteiger partial charge in [-0.25, -0.2) is 5.84 Å². The molecule has 1 aliphatic heterocycles. The summed E-state index contributed by atoms with van der Waals surface area (Å²) in [7, 11) is 4.35. The Labute approximate surface area is 120 Å². The molecular formula is C15H24N4O. The molecule has 1 aliphatic rings. The average molecular weight is 276 g/mol. The van der Waals surface area contributed by atoms with Crippen LogP contribution in [-0.2, 0) is 6.54 Å². The van der Waals surface area contributed by atoms with Crippen LogP contribution in [0, 0.1) is 0 Å². The number of nitrogens with one attached hydrogen (secondary N) is 1. The number of hydrogen-bond acceptors (Lipinski definition) is 4. The van der Waals surface area contributed by atoms with Crippen LogP contribution in [-0.4, -0.2) is 48.9 Å². The normalized spacial score (nSPS) is 20.1. The molecule has 0 aromatic heterocycles. The molecule has 5 nitrogen and oxygen atoms in total. The van der Waals surface area contributed by atoms with Crippen molar-refractivity contribution >= 4 is 5.91 Å². The third-order valence-electron chi connectivity index (χ3n) is 4.00. The van der Waals surface area contributed by atoms with E-state index >= 15 is 0 Å². The van der Waals surface area contributed by atoms with Gasteiger partial charge in [0.15, 0.2) is 0 Å². The molecule has 1 aromatic carbocycles. The van der Waals surface area contributed by atoms with Crippen molar-refractivity contribution in [1.82, 2.24) is 15.2 Å². The standard InChI is InChI=1S/C15H24N4O/c1-18-9-3-4-14(11-18)19(2)10-12-5-7-13(8-6-12)15(20)17-16/h5-8,14H,3-4,9-11,16H2,1-2H3,(H,17,20). The van der Waals surface area contributed by atoms with Gasteiger partial charge in [-0.1, -0.05) is 12.1 Å². The van der Waals surface area contributed by atoms with E-state index in [0.717, 1.165) is 13.1 Å². The summed E-state index contributed by atoms with van der Waals surface area (Å²) in [5.74, 6) is 4.87. The lowest BCUT2D eigenvalue weighted by Crippen LogP contribution is -2.44. The van der Waals surface area contributed by atoms with Gasteiger partial charge in [0, 0.05) is 24.7 Å². The number of nitrogens with two attached hydrogens (primary N) is 1. The SMILES string of the molecule is CN1CCCC(N(C)Cc2ccc(C(=O)NN)cc2)C1. The molecule has 0 bridgehead atoms. The molecule has 0 saturated carbocycles. The Morgan fingerprint density at radius 3 is 2.75 bits per heavy atom. The van der Waals surface area contributed by atoms with Crippen molar-refractivity contribution in [2.75, 3.05) is 27.2 Å². The van der Waals surface area contributed by atoms with Crippen LogP contribution in [0.1, 0.15) is 28.8 Å². The van der Waals surface area contributed by atoms with Gasteiger partial charge in [0.1, 0.15) is 0 Å². The number of nitrogens with zero attached hydrogens (tertiary/aromatic N) is 2. The van der Waals surface area contributed by atoms with Crippen LogP contribution in [0.25, 0.3) is 0 Å². The summed E-state index contributed by atoms with van der Waals surface area (Å²) < 4.78 is 0. The first-order valence-corrected chi connectivity index (χ1v) is 7.09. The number of likely N-dealkylation sites (N-methyl/N-ethyl adjacent to an activating group) is 2. The zero-order chi connectivity index (χ0) is 14.5. The van der Waals surface area contributed by atoms with Crippen LogP contribution in [0.2, 0.25) is 0 Å². The molecule has 1 unspecified atom stereocenters. The minimum Gasteiger partial charge on any atom is -0.305 e. The first-order valence-electron chi connectivity index (χ1n) is 7.09. The summed E-state index contributed by atoms with van der Waals surface area (Å²) in [5, 5.41) is 0. The number of amides is 1. The summed E-state index contributed by atoms with van der Waals surface area (Å²) >= 11 is 0. The van der Waals surface area contributed by atoms with E-state index in [1.807, 2.05) is 24.3 Å². The predicted octanol–water partition coefficient (Wildman–Crippen LogP) is 0.816. The molecule has 0 spiro atoms. The third kappa shape index (κ3) is 3.79. The first kappa shape index (κ1) is 15.0. The van der Waals surface area contributed by atoms with E-state index < -0.39 is 0 Å². The highest BCUT2D eigenvalue weighted by Crippen LogP contribution is 2.16. The summed E-state index contributed by atoms with van der Waals surface area (Å²) in [6.45, 7) is 3.24. The Morgan fingerprint density at radius 1 is 1.45 bits per heavy atom. The Balaban J connectivity index is 1.93. The third-order valence-corrected chi connectivity index (χ3v) is 4.00. The topological polar surface area (TPSA) is 61.6 Å². The van der Waals surface area contributed by atoms with Crippen LogP contribution in [0.3, 0.4) is 0 Å². The van der Waals surface area contributed by atoms with E-state index in [1.165, 1.54) is 24.9 Å². The highest BCUT2D eigenvalue weighted by Gasteiger charge is 2.20. The van der Waals surface area contributed by atoms with Crippen molar-refractivity contribution in [3.8, 4) is 0 Å². The molecule has 1 aromatic rings. The number of hydrazine groups is 1. The highest BCUT2D eigenvalue weighted by atomic mass is 16.2. The fraction of sp³-hybridized carbons (Fsp3) is 0.533. The monoisotopic (exact) mass is 276 g/mol. The second kappa shape index (κ2) is 6.83. The summed E-state index contributed by atoms with van der Waals surface area (Å²) in [5.41, 5.74) is 3.95. The number of rotatable bonds is 4. The number of benzene rings is 1. The summed E-state index contributed by atoms with van der Waals surface area (Å²) in [4.78, 5) is 16.2. The number of carbonyl (C=O) groups excluding carboxylic acids is 1. The molecule has 110 valence electrons. The van der Waals surface area contributed by atoms with E-state index in [2.05, 4.69) is 29.3 Å². The van der Waals surface area contributed by atoms with E-state index in [-0.39, 0.29) is 5.91 Å². The zero-order valence-corrected chi connectivity index (χ0v) is 12.3. The van der Waals surface area contributed by atoms with Crippen LogP contribution in [0.15, 0.2) is 24.3 Å². The lowest BCUT2D eigenvalue weighted by atomic mass is 10.0. The lowest BCUT2D eigenvalue weighted by Gasteiger charge is -2.35. The molecule has 5 heteroatoms. The number of likely N-dealkylation sites (tertiary alicyclic amines) is 1. The number of carbonyl (C=O) groups is 1. The number of nitrogen functional groups attached to an aromatic ring is 1. The maximum atomic E-state index is 11.4. The minimum atomic E-state index is -0.251. The first-order chi connectivity index (χ1) is 9.60. The molecule has 1 saturated heterocycles. The van der Waals surface area contributed by atoms with Gasteiger partial charge in [-0.15, -0.1) is 0 Å². The highest BCUT2D eigenvalue weighted by molar-refractivity contribution is 5.93. The van der Waals surface area contributed by atoms with Gasteiger partial charge in [0.05, 0.1) is 0 Å². The fourth-order valence-corrected chi connectivity index (χ4v) is 2.76. The molecule has 0 radical (unpaired) electrons. The fourth-order valence-electron chi connectivity index (χ4n) is 2.76. The van der Waals surface area contributed by atoms with Crippen molar-refractivity contribution in [1.29, 1.82) is 0 Å². The van der Waals surface area contributed by atoms with Gasteiger partial charge in [-0.3, -0.25) is 15.1 Å². The van der Waals surface area contributed by atoms with Crippen LogP contribution < -0.4 is 11.3 Å². The quantitative estimate of drug-likeness (QED) is 0.485. The van der Waals surface area contributed by atoms with E-state index in [4.69, 9.17) is 5.84 Å². The van der Waals surface area contributed by atoms with E-state index in [9.17, 15) is 4.79 Å². The molecule has 2 rings (SSSR count). The number of piperidine rings is 1. The van der Waals surface area contributed by atoms with Gasteiger partial charge >= 0.3 is 0 Å². The van der Waals surface area contributed by atoms with Gasteiger partial charge in [0.25, 0.3) is 5.91 Å². The molecule has 1 heterocycles. The van der Waals surface area contributed by atoms with Gasteiger partial charge < -0.3 is 4.90 Å². The Kier molecular flexibility index (Phi) is 5.11. The smallest absolute Gasteiger partial charge is 0.265 e. The average Bonchev–Trinajstić information content (AvgIpc) is 2.47. The molecular weight excluding hydrogens is 252 g/mol. The predicted molar refractivity (Wildman–Crippen MR) is 80.1 cm³/mol. The van der Waals surface area contributed by atoms with Crippen LogP contribution >= 0.6 is 0 Å². The maximum absolute atomic E-state index is 11.4. The minimum absolute atomic E-state index is 0.251. The van der Waals surface area contributed by atoms with E-state index in [0.29, 0.717) is 11.6 Å². The summed E-state index contributed by atoms with van der Waals surface area (Å²) in [6.07, 6.45) is 2.52. The van der Waals surface area contributed by atoms with Gasteiger partial charge in [-0.2, -0.15) is 0 Å². The molecule has 1 amide bonds. The van der Waals surface area contributed by atoms with Crippen molar-refractivity contribution in [2.45, 2.75) is 25.4 Å². The largest absolute Gasteiger partial charge is 0.305 e. The Bertz CT molecular complexity index is 446. The second-order valence-electron chi connectivity index (χ2n) is 5.64. The van der Waals surface area contributed by atoms with Crippen molar-refractivity contribution < 1.29 is 4.79 Å². The van der Waals surface area contributed by atoms with Gasteiger partial charge in [-0.05, 0) is 51.2 Å². The molecule has 1 fully saturated rings. The maximum Gasteiger partial charge on any atom is 0.265 e. The van der Waals surface area contributed by atoms with Crippen LogP contribution in [0.5, 0.6) is 0 Å². The Morgan fingerprint density at radius 2 is 2.15 bits per heavy atom. The molecule has 20 heavy (non-hydrogen) atoms. The van der Waals surface area contributed by atoms with Crippen molar-refractivity contribution in [2.24, 2.45) is 5.84 Å². The number of hydrogen-bond donors (Lipinski definition) is 2. The molecule has 0 aliphatic carbocycles. The van der Waals surface area contributed by atoms with Gasteiger partial charge in [0.2, 0.25) is 0 Å². The van der Waals surface area contributed by atoms with Crippen molar-refractivity contribution in [3.63, 3.8) is 0 Å². The van der Waals surface area contributed by atoms with E-state index in [1.54, 1.807) is 0 Å². The molecule has 1 atom stereocenters.